The highest BCUT2D eigenvalue weighted by atomic mass is 16.5. The fraction of sp³-hybridized carbons (Fsp3) is 0.581. The smallest absolute Gasteiger partial charge is 0.160 e. The molecular formula is C31H46O4. The number of ether oxygens (including phenoxy) is 2. The molecule has 1 unspecified atom stereocenters. The number of aliphatic hydroxyl groups is 1. The van der Waals surface area contributed by atoms with Gasteiger partial charge in [-0.1, -0.05) is 75.8 Å². The topological polar surface area (TPSA) is 55.8 Å². The third-order valence-electron chi connectivity index (χ3n) is 6.76. The van der Waals surface area contributed by atoms with Crippen LogP contribution in [0.25, 0.3) is 0 Å². The number of hydrogen-bond donors (Lipinski definition) is 1. The van der Waals surface area contributed by atoms with Crippen LogP contribution in [0.1, 0.15) is 94.2 Å². The van der Waals surface area contributed by atoms with Crippen LogP contribution in [0.15, 0.2) is 42.5 Å². The Morgan fingerprint density at radius 1 is 0.800 bits per heavy atom. The van der Waals surface area contributed by atoms with Gasteiger partial charge in [0.25, 0.3) is 0 Å². The Morgan fingerprint density at radius 3 is 2.09 bits per heavy atom. The number of carbonyl (C=O) groups is 1. The van der Waals surface area contributed by atoms with Crippen molar-refractivity contribution >= 4 is 5.78 Å². The van der Waals surface area contributed by atoms with E-state index in [0.29, 0.717) is 30.8 Å². The molecule has 0 saturated carbocycles. The standard InChI is InChI=1S/C31H46O4/c1-4-5-9-14-26-16-12-13-17-27(26)15-10-7-6-8-11-18-28(32)24-29(33)21-19-25-20-22-30(34-2)31(23-25)35-3/h12-13,16-17,20,22-23,28,32H,4-11,14-15,18-19,21,24H2,1-3H3. The third-order valence-corrected chi connectivity index (χ3v) is 6.76. The SMILES string of the molecule is CCCCCc1ccccc1CCCCCCCC(O)CC(=O)CCc1ccc(OC)c(OC)c1. The molecule has 2 aromatic carbocycles. The van der Waals surface area contributed by atoms with Crippen LogP contribution in [0.3, 0.4) is 0 Å². The number of Topliss-reactive ketones (excluding diaryl/α,β-unsaturated/α-hetero) is 1. The molecule has 0 amide bonds. The summed E-state index contributed by atoms with van der Waals surface area (Å²) in [4.78, 5) is 12.3. The van der Waals surface area contributed by atoms with Crippen LogP contribution >= 0.6 is 0 Å². The highest BCUT2D eigenvalue weighted by Gasteiger charge is 2.12. The second kappa shape index (κ2) is 17.2. The van der Waals surface area contributed by atoms with Crippen molar-refractivity contribution in [1.29, 1.82) is 0 Å². The number of aryl methyl sites for hydroxylation is 3. The monoisotopic (exact) mass is 482 g/mol. The molecule has 35 heavy (non-hydrogen) atoms. The van der Waals surface area contributed by atoms with Crippen LogP contribution in [0.5, 0.6) is 11.5 Å². The van der Waals surface area contributed by atoms with Crippen LogP contribution < -0.4 is 9.47 Å². The Morgan fingerprint density at radius 2 is 1.43 bits per heavy atom. The van der Waals surface area contributed by atoms with Gasteiger partial charge in [0.1, 0.15) is 5.78 Å². The molecule has 0 saturated heterocycles. The number of aliphatic hydroxyl groups excluding tert-OH is 1. The van der Waals surface area contributed by atoms with Crippen LogP contribution in [0, 0.1) is 0 Å². The quantitative estimate of drug-likeness (QED) is 0.214. The molecule has 0 bridgehead atoms. The normalized spacial score (nSPS) is 11.9. The Balaban J connectivity index is 1.56. The lowest BCUT2D eigenvalue weighted by molar-refractivity contribution is -0.121. The summed E-state index contributed by atoms with van der Waals surface area (Å²) in [5, 5.41) is 10.3. The molecular weight excluding hydrogens is 436 g/mol. The van der Waals surface area contributed by atoms with Gasteiger partial charge in [-0.25, -0.2) is 0 Å². The van der Waals surface area contributed by atoms with Crippen LogP contribution in [0.2, 0.25) is 0 Å². The Hall–Kier alpha value is -2.33. The molecule has 1 atom stereocenters. The van der Waals surface area contributed by atoms with Gasteiger partial charge in [0.15, 0.2) is 11.5 Å². The first-order valence-corrected chi connectivity index (χ1v) is 13.5. The van der Waals surface area contributed by atoms with E-state index in [1.54, 1.807) is 14.2 Å². The lowest BCUT2D eigenvalue weighted by Gasteiger charge is -2.11. The number of rotatable bonds is 19. The number of carbonyl (C=O) groups excluding carboxylic acids is 1. The lowest BCUT2D eigenvalue weighted by Crippen LogP contribution is -2.14. The molecule has 0 radical (unpaired) electrons. The Labute approximate surface area is 213 Å². The molecule has 4 nitrogen and oxygen atoms in total. The van der Waals surface area contributed by atoms with Gasteiger partial charge in [-0.15, -0.1) is 0 Å². The molecule has 0 heterocycles. The van der Waals surface area contributed by atoms with E-state index in [0.717, 1.165) is 18.4 Å². The number of benzene rings is 2. The number of methoxy groups -OCH3 is 2. The molecule has 0 aliphatic rings. The van der Waals surface area contributed by atoms with Crippen LogP contribution in [-0.2, 0) is 24.1 Å². The zero-order valence-electron chi connectivity index (χ0n) is 22.2. The fourth-order valence-corrected chi connectivity index (χ4v) is 4.62. The molecule has 0 spiro atoms. The Bertz CT molecular complexity index is 861. The maximum Gasteiger partial charge on any atom is 0.160 e. The average Bonchev–Trinajstić information content (AvgIpc) is 2.87. The predicted octanol–water partition coefficient (Wildman–Crippen LogP) is 7.27. The molecule has 0 aliphatic heterocycles. The lowest BCUT2D eigenvalue weighted by atomic mass is 9.96. The van der Waals surface area contributed by atoms with Gasteiger partial charge in [-0.05, 0) is 67.3 Å². The zero-order chi connectivity index (χ0) is 25.3. The summed E-state index contributed by atoms with van der Waals surface area (Å²) in [5.74, 6) is 1.48. The van der Waals surface area contributed by atoms with Gasteiger partial charge in [-0.3, -0.25) is 4.79 Å². The molecule has 0 fully saturated rings. The highest BCUT2D eigenvalue weighted by Crippen LogP contribution is 2.28. The predicted molar refractivity (Wildman–Crippen MR) is 145 cm³/mol. The van der Waals surface area contributed by atoms with Crippen molar-refractivity contribution in [3.8, 4) is 11.5 Å². The molecule has 0 aromatic heterocycles. The van der Waals surface area contributed by atoms with E-state index in [9.17, 15) is 9.90 Å². The third kappa shape index (κ3) is 11.3. The average molecular weight is 483 g/mol. The van der Waals surface area contributed by atoms with E-state index in [1.807, 2.05) is 18.2 Å². The van der Waals surface area contributed by atoms with E-state index in [2.05, 4.69) is 31.2 Å². The van der Waals surface area contributed by atoms with Crippen LogP contribution in [0.4, 0.5) is 0 Å². The van der Waals surface area contributed by atoms with Gasteiger partial charge >= 0.3 is 0 Å². The largest absolute Gasteiger partial charge is 0.493 e. The summed E-state index contributed by atoms with van der Waals surface area (Å²) < 4.78 is 10.6. The highest BCUT2D eigenvalue weighted by molar-refractivity contribution is 5.79. The molecule has 4 heteroatoms. The second-order valence-corrected chi connectivity index (χ2v) is 9.62. The summed E-state index contributed by atoms with van der Waals surface area (Å²) in [7, 11) is 3.22. The van der Waals surface area contributed by atoms with Crippen molar-refractivity contribution in [2.24, 2.45) is 0 Å². The van der Waals surface area contributed by atoms with E-state index in [4.69, 9.17) is 9.47 Å². The summed E-state index contributed by atoms with van der Waals surface area (Å²) in [6.07, 6.45) is 13.5. The molecule has 194 valence electrons. The second-order valence-electron chi connectivity index (χ2n) is 9.62. The van der Waals surface area contributed by atoms with Crippen molar-refractivity contribution in [3.05, 3.63) is 59.2 Å². The first kappa shape index (κ1) is 28.9. The minimum absolute atomic E-state index is 0.116. The maximum atomic E-state index is 12.3. The number of unbranched alkanes of at least 4 members (excludes halogenated alkanes) is 6. The minimum Gasteiger partial charge on any atom is -0.493 e. The zero-order valence-corrected chi connectivity index (χ0v) is 22.2. The molecule has 0 aliphatic carbocycles. The number of ketones is 1. The summed E-state index contributed by atoms with van der Waals surface area (Å²) >= 11 is 0. The van der Waals surface area contributed by atoms with E-state index in [1.165, 1.54) is 62.5 Å². The van der Waals surface area contributed by atoms with Crippen molar-refractivity contribution in [3.63, 3.8) is 0 Å². The Kier molecular flexibility index (Phi) is 14.2. The first-order chi connectivity index (χ1) is 17.1. The summed E-state index contributed by atoms with van der Waals surface area (Å²) in [6, 6.07) is 14.6. The molecule has 1 N–H and O–H groups in total. The summed E-state index contributed by atoms with van der Waals surface area (Å²) in [6.45, 7) is 2.25. The van der Waals surface area contributed by atoms with Gasteiger partial charge in [0.05, 0.1) is 20.3 Å². The van der Waals surface area contributed by atoms with Gasteiger partial charge in [0.2, 0.25) is 0 Å². The van der Waals surface area contributed by atoms with E-state index >= 15 is 0 Å². The summed E-state index contributed by atoms with van der Waals surface area (Å²) in [5.41, 5.74) is 4.08. The maximum absolute atomic E-state index is 12.3. The van der Waals surface area contributed by atoms with Crippen molar-refractivity contribution in [1.82, 2.24) is 0 Å². The van der Waals surface area contributed by atoms with Crippen LogP contribution in [-0.4, -0.2) is 31.2 Å². The molecule has 2 aromatic rings. The van der Waals surface area contributed by atoms with Crippen molar-refractivity contribution in [2.45, 2.75) is 103 Å². The van der Waals surface area contributed by atoms with Gasteiger partial charge in [-0.2, -0.15) is 0 Å². The van der Waals surface area contributed by atoms with Gasteiger partial charge in [0, 0.05) is 12.8 Å². The van der Waals surface area contributed by atoms with Gasteiger partial charge < -0.3 is 14.6 Å². The van der Waals surface area contributed by atoms with E-state index in [-0.39, 0.29) is 12.2 Å². The first-order valence-electron chi connectivity index (χ1n) is 13.5. The fourth-order valence-electron chi connectivity index (χ4n) is 4.62. The minimum atomic E-state index is -0.525. The van der Waals surface area contributed by atoms with Crippen molar-refractivity contribution < 1.29 is 19.4 Å². The number of hydrogen-bond acceptors (Lipinski definition) is 4. The van der Waals surface area contributed by atoms with E-state index < -0.39 is 6.10 Å². The molecule has 2 rings (SSSR count). The van der Waals surface area contributed by atoms with Crippen molar-refractivity contribution in [2.75, 3.05) is 14.2 Å².